The van der Waals surface area contributed by atoms with Gasteiger partial charge in [0.25, 0.3) is 6.43 Å². The number of halogens is 6. The van der Waals surface area contributed by atoms with E-state index in [0.29, 0.717) is 73.6 Å². The fourth-order valence-corrected chi connectivity index (χ4v) is 11.0. The first-order valence-electron chi connectivity index (χ1n) is 23.4. The molecule has 1 aliphatic heterocycles. The molecule has 3 N–H and O–H groups in total. The number of rotatable bonds is 17. The number of nitrogens with zero attached hydrogens (tertiary/aromatic N) is 10. The average Bonchev–Trinajstić information content (AvgIpc) is 4.21. The van der Waals surface area contributed by atoms with Crippen LogP contribution < -0.4 is 19.3 Å². The molecule has 1 atom stereocenters. The van der Waals surface area contributed by atoms with Crippen LogP contribution in [0, 0.1) is 16.6 Å². The van der Waals surface area contributed by atoms with Gasteiger partial charge in [-0.15, -0.1) is 0 Å². The van der Waals surface area contributed by atoms with Gasteiger partial charge in [-0.05, 0) is 82.8 Å². The third-order valence-corrected chi connectivity index (χ3v) is 15.7. The SMILES string of the molecule is COc1ncnc(C2CC2)c1-c1nccc(N(CCN2CCN(c3cc(S(=O)(=O)NC4(C)CC4)cn4c(C(=N)SC(=N)C(F)F)ncc34)C[C@@H]2C)Cc2ccc(-c3nc(C(F)(F)F)cn3C(C)C)cc2)c1F. The van der Waals surface area contributed by atoms with E-state index in [9.17, 15) is 30.4 Å². The van der Waals surface area contributed by atoms with Crippen molar-refractivity contribution in [3.8, 4) is 28.5 Å². The summed E-state index contributed by atoms with van der Waals surface area (Å²) in [6.45, 7) is 9.61. The van der Waals surface area contributed by atoms with Crippen molar-refractivity contribution in [1.82, 2.24) is 43.5 Å². The Bertz CT molecular complexity index is 3140. The molecular formula is C48H53F6N13O3S2. The summed E-state index contributed by atoms with van der Waals surface area (Å²) in [5.74, 6) is -0.229. The molecule has 6 aromatic rings. The Morgan fingerprint density at radius 1 is 1.04 bits per heavy atom. The van der Waals surface area contributed by atoms with E-state index < -0.39 is 49.8 Å². The fraction of sp³-hybridized carbons (Fsp3) is 0.438. The van der Waals surface area contributed by atoms with E-state index in [4.69, 9.17) is 15.6 Å². The summed E-state index contributed by atoms with van der Waals surface area (Å²) in [5, 5.41) is 14.7. The van der Waals surface area contributed by atoms with Crippen LogP contribution in [0.2, 0.25) is 0 Å². The topological polar surface area (TPSA) is 187 Å². The quantitative estimate of drug-likeness (QED) is 0.0448. The number of hydrogen-bond donors (Lipinski definition) is 3. The predicted octanol–water partition coefficient (Wildman–Crippen LogP) is 9.02. The number of ether oxygens (including phenoxy) is 1. The van der Waals surface area contributed by atoms with Crippen LogP contribution in [0.15, 0.2) is 72.4 Å². The number of fused-ring (bicyclic) bond motifs is 1. The van der Waals surface area contributed by atoms with E-state index in [0.717, 1.165) is 24.6 Å². The molecule has 0 amide bonds. The molecule has 382 valence electrons. The molecule has 6 heterocycles. The second kappa shape index (κ2) is 19.7. The predicted molar refractivity (Wildman–Crippen MR) is 262 cm³/mol. The van der Waals surface area contributed by atoms with Gasteiger partial charge in [-0.25, -0.2) is 46.2 Å². The maximum atomic E-state index is 17.3. The highest BCUT2D eigenvalue weighted by Crippen LogP contribution is 2.46. The normalized spacial score (nSPS) is 17.3. The van der Waals surface area contributed by atoms with Crippen LogP contribution in [-0.2, 0) is 22.7 Å². The third-order valence-electron chi connectivity index (χ3n) is 13.3. The molecular weight excluding hydrogens is 985 g/mol. The molecule has 2 aliphatic carbocycles. The number of thioether (sulfide) groups is 1. The lowest BCUT2D eigenvalue weighted by atomic mass is 10.1. The Morgan fingerprint density at radius 3 is 2.42 bits per heavy atom. The molecule has 1 saturated heterocycles. The highest BCUT2D eigenvalue weighted by atomic mass is 32.2. The van der Waals surface area contributed by atoms with Gasteiger partial charge in [0, 0.05) is 87.0 Å². The van der Waals surface area contributed by atoms with Crippen molar-refractivity contribution in [2.45, 2.75) is 101 Å². The van der Waals surface area contributed by atoms with Gasteiger partial charge >= 0.3 is 6.18 Å². The van der Waals surface area contributed by atoms with Crippen molar-refractivity contribution in [1.29, 1.82) is 10.8 Å². The van der Waals surface area contributed by atoms with Crippen LogP contribution >= 0.6 is 11.8 Å². The van der Waals surface area contributed by atoms with Crippen molar-refractivity contribution in [3.63, 3.8) is 0 Å². The lowest BCUT2D eigenvalue weighted by Gasteiger charge is -2.42. The first-order chi connectivity index (χ1) is 34.1. The number of aromatic nitrogens is 7. The summed E-state index contributed by atoms with van der Waals surface area (Å²) in [5.41, 5.74) is 1.88. The summed E-state index contributed by atoms with van der Waals surface area (Å²) in [6, 6.07) is 9.69. The van der Waals surface area contributed by atoms with Gasteiger partial charge in [0.15, 0.2) is 17.3 Å². The van der Waals surface area contributed by atoms with E-state index in [1.165, 1.54) is 41.0 Å². The second-order valence-corrected chi connectivity index (χ2v) is 21.7. The molecule has 72 heavy (non-hydrogen) atoms. The number of nitrogens with one attached hydrogen (secondary N) is 3. The van der Waals surface area contributed by atoms with Crippen LogP contribution in [0.1, 0.15) is 88.1 Å². The van der Waals surface area contributed by atoms with Crippen LogP contribution in [0.25, 0.3) is 28.2 Å². The minimum Gasteiger partial charge on any atom is -0.480 e. The van der Waals surface area contributed by atoms with Gasteiger partial charge in [0.05, 0.1) is 41.5 Å². The van der Waals surface area contributed by atoms with E-state index >= 15 is 4.39 Å². The van der Waals surface area contributed by atoms with E-state index in [2.05, 4.69) is 34.5 Å². The Kier molecular flexibility index (Phi) is 13.9. The lowest BCUT2D eigenvalue weighted by Crippen LogP contribution is -2.53. The van der Waals surface area contributed by atoms with Crippen LogP contribution in [0.4, 0.5) is 37.7 Å². The van der Waals surface area contributed by atoms with Gasteiger partial charge in [-0.1, -0.05) is 24.3 Å². The minimum absolute atomic E-state index is 0.0382. The smallest absolute Gasteiger partial charge is 0.434 e. The molecule has 0 spiro atoms. The van der Waals surface area contributed by atoms with Crippen LogP contribution in [0.5, 0.6) is 5.88 Å². The number of imidazole rings is 2. The van der Waals surface area contributed by atoms with Crippen molar-refractivity contribution >= 4 is 48.8 Å². The summed E-state index contributed by atoms with van der Waals surface area (Å²) in [7, 11) is -2.64. The summed E-state index contributed by atoms with van der Waals surface area (Å²) >= 11 is 0.239. The third kappa shape index (κ3) is 10.5. The van der Waals surface area contributed by atoms with Crippen molar-refractivity contribution < 1.29 is 39.5 Å². The molecule has 9 rings (SSSR count). The van der Waals surface area contributed by atoms with Gasteiger partial charge in [-0.3, -0.25) is 25.1 Å². The summed E-state index contributed by atoms with van der Waals surface area (Å²) in [4.78, 5) is 27.6. The molecule has 16 nitrogen and oxygen atoms in total. The maximum absolute atomic E-state index is 17.3. The molecule has 24 heteroatoms. The number of benzene rings is 1. The van der Waals surface area contributed by atoms with Gasteiger partial charge in [0.2, 0.25) is 15.9 Å². The number of alkyl halides is 5. The second-order valence-electron chi connectivity index (χ2n) is 19.0. The van der Waals surface area contributed by atoms with E-state index in [1.807, 2.05) is 16.7 Å². The Labute approximate surface area is 416 Å². The van der Waals surface area contributed by atoms with E-state index in [-0.39, 0.29) is 70.1 Å². The van der Waals surface area contributed by atoms with E-state index in [1.54, 1.807) is 57.2 Å². The molecule has 0 unspecified atom stereocenters. The van der Waals surface area contributed by atoms with Crippen LogP contribution in [-0.4, -0.2) is 115 Å². The van der Waals surface area contributed by atoms with Gasteiger partial charge < -0.3 is 19.1 Å². The fourth-order valence-electron chi connectivity index (χ4n) is 8.97. The minimum atomic E-state index is -4.63. The number of sulfonamides is 1. The number of methoxy groups -OCH3 is 1. The van der Waals surface area contributed by atoms with Crippen LogP contribution in [0.3, 0.4) is 0 Å². The molecule has 3 fully saturated rings. The molecule has 3 aliphatic rings. The molecule has 5 aromatic heterocycles. The van der Waals surface area contributed by atoms with Crippen molar-refractivity contribution in [3.05, 3.63) is 96.1 Å². The van der Waals surface area contributed by atoms with Gasteiger partial charge in [-0.2, -0.15) is 13.2 Å². The first-order valence-corrected chi connectivity index (χ1v) is 25.7. The zero-order chi connectivity index (χ0) is 51.4. The van der Waals surface area contributed by atoms with Crippen molar-refractivity contribution in [2.75, 3.05) is 49.6 Å². The standard InChI is InChI=1S/C48H53F6N13O3S2/c1-27(2)66-25-36(48(52,53)54)61-44(66)31-8-6-29(7-9-31)23-65(33-12-15-57-40(38(33)49)37-39(30-10-11-30)59-26-60-46(37)70-5)19-17-63-16-18-64(22-28(63)3)34-20-32(72(68,69)62-47(4)13-14-47)24-67-35(34)21-58-45(67)43(56)71-42(55)41(50)51/h6-9,12,15,20-21,24-28,30,41,55-56,62H,10-11,13-14,16-19,22-23H2,1-5H3/t28-/m0/s1. The molecule has 2 saturated carbocycles. The largest absolute Gasteiger partial charge is 0.480 e. The van der Waals surface area contributed by atoms with Gasteiger partial charge in [0.1, 0.15) is 32.8 Å². The number of piperazine rings is 1. The summed E-state index contributed by atoms with van der Waals surface area (Å²) in [6.07, 6.45) is 2.06. The number of hydrogen-bond acceptors (Lipinski definition) is 14. The monoisotopic (exact) mass is 1040 g/mol. The highest BCUT2D eigenvalue weighted by Gasteiger charge is 2.42. The Hall–Kier alpha value is -6.11. The number of anilines is 2. The molecule has 0 radical (unpaired) electrons. The molecule has 1 aromatic carbocycles. The average molecular weight is 1040 g/mol. The van der Waals surface area contributed by atoms with Crippen molar-refractivity contribution in [2.24, 2.45) is 0 Å². The zero-order valence-corrected chi connectivity index (χ0v) is 41.6. The first kappa shape index (κ1) is 50.8. The lowest BCUT2D eigenvalue weighted by molar-refractivity contribution is -0.140. The Balaban J connectivity index is 1.01. The highest BCUT2D eigenvalue weighted by molar-refractivity contribution is 8.26. The zero-order valence-electron chi connectivity index (χ0n) is 40.0. The molecule has 0 bridgehead atoms. The maximum Gasteiger partial charge on any atom is 0.434 e. The number of pyridine rings is 2. The summed E-state index contributed by atoms with van der Waals surface area (Å²) < 4.78 is 124. The Morgan fingerprint density at radius 2 is 1.78 bits per heavy atom.